The Morgan fingerprint density at radius 2 is 1.94 bits per heavy atom. The van der Waals surface area contributed by atoms with E-state index in [1.54, 1.807) is 23.4 Å². The molecule has 6 nitrogen and oxygen atoms in total. The minimum atomic E-state index is -4.58. The zero-order chi connectivity index (χ0) is 24.8. The van der Waals surface area contributed by atoms with E-state index in [9.17, 15) is 22.8 Å². The molecule has 0 atom stereocenters. The van der Waals surface area contributed by atoms with Crippen molar-refractivity contribution in [2.75, 3.05) is 25.4 Å². The fourth-order valence-corrected chi connectivity index (χ4v) is 5.62. The number of furan rings is 1. The summed E-state index contributed by atoms with van der Waals surface area (Å²) in [6.45, 7) is 1.18. The minimum Gasteiger partial charge on any atom is -0.468 e. The maximum Gasteiger partial charge on any atom is 0.417 e. The fourth-order valence-electron chi connectivity index (χ4n) is 3.89. The van der Waals surface area contributed by atoms with Crippen molar-refractivity contribution in [3.63, 3.8) is 0 Å². The molecule has 4 rings (SSSR count). The number of benzene rings is 1. The van der Waals surface area contributed by atoms with Gasteiger partial charge in [-0.05, 0) is 37.1 Å². The van der Waals surface area contributed by atoms with Crippen molar-refractivity contribution in [3.05, 3.63) is 75.6 Å². The summed E-state index contributed by atoms with van der Waals surface area (Å²) in [5.74, 6) is 1.60. The molecular weight excluding hydrogens is 499 g/mol. The van der Waals surface area contributed by atoms with Crippen LogP contribution in [0, 0.1) is 0 Å². The van der Waals surface area contributed by atoms with Gasteiger partial charge in [0.05, 0.1) is 28.2 Å². The summed E-state index contributed by atoms with van der Waals surface area (Å²) >= 11 is 3.05. The molecule has 1 fully saturated rings. The van der Waals surface area contributed by atoms with Crippen LogP contribution >= 0.6 is 23.1 Å². The number of rotatable bonds is 8. The summed E-state index contributed by atoms with van der Waals surface area (Å²) < 4.78 is 45.1. The number of piperidine rings is 1. The Morgan fingerprint density at radius 1 is 1.17 bits per heavy atom. The van der Waals surface area contributed by atoms with E-state index >= 15 is 0 Å². The Morgan fingerprint density at radius 3 is 2.66 bits per heavy atom. The Hall–Kier alpha value is -2.79. The van der Waals surface area contributed by atoms with Gasteiger partial charge in [-0.15, -0.1) is 11.3 Å². The quantitative estimate of drug-likeness (QED) is 0.398. The second-order valence-corrected chi connectivity index (χ2v) is 10.1. The van der Waals surface area contributed by atoms with E-state index in [2.05, 4.69) is 10.3 Å². The van der Waals surface area contributed by atoms with Crippen molar-refractivity contribution in [1.29, 1.82) is 0 Å². The molecule has 1 aliphatic heterocycles. The highest BCUT2D eigenvalue weighted by atomic mass is 32.2. The Kier molecular flexibility index (Phi) is 8.17. The maximum absolute atomic E-state index is 13.3. The van der Waals surface area contributed by atoms with Gasteiger partial charge >= 0.3 is 6.18 Å². The van der Waals surface area contributed by atoms with E-state index in [-0.39, 0.29) is 17.4 Å². The lowest BCUT2D eigenvalue weighted by Gasteiger charge is -2.31. The zero-order valence-electron chi connectivity index (χ0n) is 18.7. The van der Waals surface area contributed by atoms with Crippen LogP contribution in [0.4, 0.5) is 13.2 Å². The van der Waals surface area contributed by atoms with Gasteiger partial charge < -0.3 is 14.6 Å². The van der Waals surface area contributed by atoms with Gasteiger partial charge in [-0.1, -0.05) is 12.1 Å². The number of thioether (sulfide) groups is 1. The third kappa shape index (κ3) is 6.46. The molecular formula is C24H24F3N3O3S2. The lowest BCUT2D eigenvalue weighted by atomic mass is 9.96. The number of aromatic nitrogens is 1. The standard InChI is InChI=1S/C24H24F3N3O3S2/c25-24(26,27)19-6-2-1-5-18(19)23(32)30-10-7-16(8-11-30)22-29-20(15-35-22)21(31)28-9-13-34-14-17-4-3-12-33-17/h1-6,12,15-16H,7-11,13-14H2,(H,28,31). The number of carbonyl (C=O) groups is 2. The molecule has 3 aromatic rings. The number of hydrogen-bond acceptors (Lipinski definition) is 6. The van der Waals surface area contributed by atoms with Crippen molar-refractivity contribution >= 4 is 34.9 Å². The van der Waals surface area contributed by atoms with Gasteiger partial charge in [-0.25, -0.2) is 4.98 Å². The number of nitrogens with one attached hydrogen (secondary N) is 1. The molecule has 1 aromatic carbocycles. The largest absolute Gasteiger partial charge is 0.468 e. The van der Waals surface area contributed by atoms with Crippen LogP contribution in [-0.4, -0.2) is 47.1 Å². The van der Waals surface area contributed by atoms with Gasteiger partial charge in [-0.2, -0.15) is 24.9 Å². The number of alkyl halides is 3. The molecule has 11 heteroatoms. The number of amides is 2. The van der Waals surface area contributed by atoms with E-state index in [1.165, 1.54) is 34.4 Å². The lowest BCUT2D eigenvalue weighted by Crippen LogP contribution is -2.38. The first kappa shape index (κ1) is 25.3. The van der Waals surface area contributed by atoms with Gasteiger partial charge in [0.25, 0.3) is 11.8 Å². The monoisotopic (exact) mass is 523 g/mol. The number of thiazole rings is 1. The summed E-state index contributed by atoms with van der Waals surface area (Å²) in [6, 6.07) is 8.62. The highest BCUT2D eigenvalue weighted by Crippen LogP contribution is 2.34. The van der Waals surface area contributed by atoms with Crippen LogP contribution < -0.4 is 5.32 Å². The number of carbonyl (C=O) groups excluding carboxylic acids is 2. The Bertz CT molecular complexity index is 1140. The highest BCUT2D eigenvalue weighted by molar-refractivity contribution is 7.98. The van der Waals surface area contributed by atoms with Crippen LogP contribution in [0.1, 0.15) is 55.9 Å². The molecule has 2 amide bonds. The van der Waals surface area contributed by atoms with Gasteiger partial charge in [-0.3, -0.25) is 9.59 Å². The van der Waals surface area contributed by atoms with E-state index in [4.69, 9.17) is 4.42 Å². The third-order valence-corrected chi connectivity index (χ3v) is 7.69. The Labute approximate surface area is 208 Å². The molecule has 0 spiro atoms. The van der Waals surface area contributed by atoms with Crippen molar-refractivity contribution in [2.45, 2.75) is 30.7 Å². The average molecular weight is 524 g/mol. The molecule has 186 valence electrons. The third-order valence-electron chi connectivity index (χ3n) is 5.71. The SMILES string of the molecule is O=C(NCCSCc1ccco1)c1csc(C2CCN(C(=O)c3ccccc3C(F)(F)F)CC2)n1. The van der Waals surface area contributed by atoms with Crippen molar-refractivity contribution < 1.29 is 27.2 Å². The topological polar surface area (TPSA) is 75.4 Å². The molecule has 0 aliphatic carbocycles. The molecule has 0 bridgehead atoms. The highest BCUT2D eigenvalue weighted by Gasteiger charge is 2.36. The number of hydrogen-bond donors (Lipinski definition) is 1. The predicted molar refractivity (Wildman–Crippen MR) is 129 cm³/mol. The smallest absolute Gasteiger partial charge is 0.417 e. The van der Waals surface area contributed by atoms with Crippen molar-refractivity contribution in [3.8, 4) is 0 Å². The predicted octanol–water partition coefficient (Wildman–Crippen LogP) is 5.44. The number of nitrogens with zero attached hydrogens (tertiary/aromatic N) is 2. The summed E-state index contributed by atoms with van der Waals surface area (Å²) in [5, 5.41) is 5.39. The van der Waals surface area contributed by atoms with Crippen LogP contribution in [0.2, 0.25) is 0 Å². The molecule has 0 radical (unpaired) electrons. The van der Waals surface area contributed by atoms with Gasteiger partial charge in [0.2, 0.25) is 0 Å². The molecule has 0 saturated carbocycles. The molecule has 35 heavy (non-hydrogen) atoms. The fraction of sp³-hybridized carbons (Fsp3) is 0.375. The molecule has 1 N–H and O–H groups in total. The van der Waals surface area contributed by atoms with E-state index < -0.39 is 17.6 Å². The molecule has 1 aliphatic rings. The van der Waals surface area contributed by atoms with E-state index in [0.717, 1.165) is 28.3 Å². The zero-order valence-corrected chi connectivity index (χ0v) is 20.3. The van der Waals surface area contributed by atoms with Crippen LogP contribution in [0.5, 0.6) is 0 Å². The number of likely N-dealkylation sites (tertiary alicyclic amines) is 1. The van der Waals surface area contributed by atoms with E-state index in [1.807, 2.05) is 12.1 Å². The normalized spacial score (nSPS) is 14.8. The van der Waals surface area contributed by atoms with Crippen LogP contribution in [-0.2, 0) is 11.9 Å². The molecule has 3 heterocycles. The summed E-state index contributed by atoms with van der Waals surface area (Å²) in [5.41, 5.74) is -0.880. The van der Waals surface area contributed by atoms with Crippen molar-refractivity contribution in [1.82, 2.24) is 15.2 Å². The van der Waals surface area contributed by atoms with Crippen molar-refractivity contribution in [2.24, 2.45) is 0 Å². The van der Waals surface area contributed by atoms with Gasteiger partial charge in [0, 0.05) is 36.7 Å². The maximum atomic E-state index is 13.3. The molecule has 2 aromatic heterocycles. The molecule has 0 unspecified atom stereocenters. The first-order valence-corrected chi connectivity index (χ1v) is 13.2. The van der Waals surface area contributed by atoms with E-state index in [0.29, 0.717) is 38.2 Å². The lowest BCUT2D eigenvalue weighted by molar-refractivity contribution is -0.138. The van der Waals surface area contributed by atoms with Gasteiger partial charge in [0.15, 0.2) is 0 Å². The minimum absolute atomic E-state index is 0.0623. The second kappa shape index (κ2) is 11.3. The van der Waals surface area contributed by atoms with Gasteiger partial charge in [0.1, 0.15) is 11.5 Å². The second-order valence-electron chi connectivity index (χ2n) is 8.07. The Balaban J connectivity index is 1.25. The number of halogens is 3. The average Bonchev–Trinajstić information content (AvgIpc) is 3.55. The molecule has 1 saturated heterocycles. The summed E-state index contributed by atoms with van der Waals surface area (Å²) in [7, 11) is 0. The van der Waals surface area contributed by atoms with Crippen LogP contribution in [0.3, 0.4) is 0 Å². The summed E-state index contributed by atoms with van der Waals surface area (Å²) in [4.78, 5) is 31.1. The summed E-state index contributed by atoms with van der Waals surface area (Å²) in [6.07, 6.45) is -1.79. The first-order chi connectivity index (χ1) is 16.8. The van der Waals surface area contributed by atoms with Crippen LogP contribution in [0.25, 0.3) is 0 Å². The van der Waals surface area contributed by atoms with Crippen LogP contribution in [0.15, 0.2) is 52.5 Å². The first-order valence-electron chi connectivity index (χ1n) is 11.1.